The number of ether oxygens (including phenoxy) is 2. The van der Waals surface area contributed by atoms with Crippen molar-refractivity contribution in [2.45, 2.75) is 12.6 Å². The number of amides is 3. The molecule has 0 bridgehead atoms. The number of urea groups is 1. The number of rotatable bonds is 4. The van der Waals surface area contributed by atoms with Crippen molar-refractivity contribution < 1.29 is 19.1 Å². The van der Waals surface area contributed by atoms with Crippen LogP contribution in [-0.4, -0.2) is 40.7 Å². The van der Waals surface area contributed by atoms with E-state index >= 15 is 0 Å². The Bertz CT molecular complexity index is 1130. The highest BCUT2D eigenvalue weighted by atomic mass is 16.6. The number of para-hydroxylation sites is 4. The van der Waals surface area contributed by atoms with E-state index in [1.165, 1.54) is 4.57 Å². The van der Waals surface area contributed by atoms with E-state index in [2.05, 4.69) is 15.6 Å². The van der Waals surface area contributed by atoms with Crippen molar-refractivity contribution in [2.24, 2.45) is 0 Å². The standard InChI is InChI=1S/C20H18N4O5/c25-18(11-24-15-6-2-1-5-14(15)21-10-19(24)26)23-20(27)22-9-13-12-28-16-7-3-4-8-17(16)29-13/h1-8,10,13H,9,11-12H2,(H2,22,23,25,27)/t13-/m1/s1. The molecule has 0 radical (unpaired) electrons. The molecule has 4 rings (SSSR count). The molecule has 2 heterocycles. The molecule has 3 aromatic rings. The minimum Gasteiger partial charge on any atom is -0.486 e. The van der Waals surface area contributed by atoms with Gasteiger partial charge in [-0.05, 0) is 24.3 Å². The Kier molecular flexibility index (Phi) is 5.10. The topological polar surface area (TPSA) is 112 Å². The second-order valence-corrected chi connectivity index (χ2v) is 6.43. The molecular weight excluding hydrogens is 376 g/mol. The lowest BCUT2D eigenvalue weighted by Crippen LogP contribution is -2.47. The van der Waals surface area contributed by atoms with Gasteiger partial charge in [0.15, 0.2) is 17.6 Å². The molecule has 3 amide bonds. The Hall–Kier alpha value is -3.88. The average molecular weight is 394 g/mol. The molecule has 0 spiro atoms. The van der Waals surface area contributed by atoms with Gasteiger partial charge in [0.05, 0.1) is 23.8 Å². The number of fused-ring (bicyclic) bond motifs is 2. The van der Waals surface area contributed by atoms with Crippen LogP contribution in [0, 0.1) is 0 Å². The Morgan fingerprint density at radius 1 is 1.10 bits per heavy atom. The van der Waals surface area contributed by atoms with E-state index in [1.807, 2.05) is 12.1 Å². The summed E-state index contributed by atoms with van der Waals surface area (Å²) in [6.45, 7) is 0.140. The van der Waals surface area contributed by atoms with Crippen LogP contribution in [0.25, 0.3) is 11.0 Å². The number of benzene rings is 2. The zero-order chi connectivity index (χ0) is 20.2. The van der Waals surface area contributed by atoms with Crippen LogP contribution in [0.3, 0.4) is 0 Å². The Morgan fingerprint density at radius 2 is 1.86 bits per heavy atom. The third-order valence-electron chi connectivity index (χ3n) is 4.37. The molecule has 0 saturated carbocycles. The third kappa shape index (κ3) is 4.18. The van der Waals surface area contributed by atoms with Gasteiger partial charge < -0.3 is 14.8 Å². The Labute approximate surface area is 165 Å². The quantitative estimate of drug-likeness (QED) is 0.685. The normalized spacial score (nSPS) is 15.0. The maximum Gasteiger partial charge on any atom is 0.321 e. The van der Waals surface area contributed by atoms with E-state index in [1.54, 1.807) is 36.4 Å². The van der Waals surface area contributed by atoms with E-state index in [0.29, 0.717) is 22.5 Å². The zero-order valence-electron chi connectivity index (χ0n) is 15.3. The molecule has 1 aliphatic heterocycles. The fraction of sp³-hybridized carbons (Fsp3) is 0.200. The number of hydrogen-bond donors (Lipinski definition) is 2. The van der Waals surface area contributed by atoms with Gasteiger partial charge in [-0.25, -0.2) is 9.78 Å². The maximum absolute atomic E-state index is 12.2. The number of aromatic nitrogens is 2. The predicted octanol–water partition coefficient (Wildman–Crippen LogP) is 1.06. The number of imide groups is 1. The first kappa shape index (κ1) is 18.5. The molecule has 148 valence electrons. The number of nitrogens with one attached hydrogen (secondary N) is 2. The van der Waals surface area contributed by atoms with Crippen molar-refractivity contribution in [2.75, 3.05) is 13.2 Å². The molecule has 0 saturated heterocycles. The number of carbonyl (C=O) groups is 2. The van der Waals surface area contributed by atoms with Gasteiger partial charge in [-0.3, -0.25) is 19.5 Å². The van der Waals surface area contributed by atoms with Crippen molar-refractivity contribution in [3.8, 4) is 11.5 Å². The zero-order valence-corrected chi connectivity index (χ0v) is 15.3. The van der Waals surface area contributed by atoms with Gasteiger partial charge in [0, 0.05) is 0 Å². The predicted molar refractivity (Wildman–Crippen MR) is 104 cm³/mol. The van der Waals surface area contributed by atoms with E-state index < -0.39 is 17.5 Å². The van der Waals surface area contributed by atoms with Crippen molar-refractivity contribution in [3.05, 3.63) is 65.1 Å². The first-order chi connectivity index (χ1) is 14.1. The molecule has 0 fully saturated rings. The number of hydrogen-bond acceptors (Lipinski definition) is 6. The van der Waals surface area contributed by atoms with Crippen molar-refractivity contribution in [1.82, 2.24) is 20.2 Å². The lowest BCUT2D eigenvalue weighted by atomic mass is 10.2. The smallest absolute Gasteiger partial charge is 0.321 e. The molecule has 0 unspecified atom stereocenters. The fourth-order valence-corrected chi connectivity index (χ4v) is 3.00. The second kappa shape index (κ2) is 8.01. The van der Waals surface area contributed by atoms with Crippen LogP contribution in [-0.2, 0) is 11.3 Å². The molecule has 1 aliphatic rings. The average Bonchev–Trinajstić information content (AvgIpc) is 2.74. The van der Waals surface area contributed by atoms with Gasteiger partial charge in [-0.1, -0.05) is 24.3 Å². The van der Waals surface area contributed by atoms with Gasteiger partial charge in [-0.2, -0.15) is 0 Å². The molecule has 0 aliphatic carbocycles. The van der Waals surface area contributed by atoms with Gasteiger partial charge >= 0.3 is 6.03 Å². The molecule has 2 N–H and O–H groups in total. The highest BCUT2D eigenvalue weighted by Gasteiger charge is 2.21. The van der Waals surface area contributed by atoms with Crippen molar-refractivity contribution >= 4 is 23.0 Å². The van der Waals surface area contributed by atoms with E-state index in [9.17, 15) is 14.4 Å². The van der Waals surface area contributed by atoms with E-state index in [-0.39, 0.29) is 25.8 Å². The Morgan fingerprint density at radius 3 is 2.72 bits per heavy atom. The van der Waals surface area contributed by atoms with E-state index in [4.69, 9.17) is 9.47 Å². The van der Waals surface area contributed by atoms with Crippen LogP contribution in [0.15, 0.2) is 59.5 Å². The first-order valence-corrected chi connectivity index (χ1v) is 9.01. The van der Waals surface area contributed by atoms with Crippen LogP contribution < -0.4 is 25.7 Å². The maximum atomic E-state index is 12.2. The minimum atomic E-state index is -0.677. The SMILES string of the molecule is O=C(Cn1c(=O)cnc2ccccc21)NC(=O)NC[C@@H]1COc2ccccc2O1. The van der Waals surface area contributed by atoms with Gasteiger partial charge in [0.1, 0.15) is 13.2 Å². The van der Waals surface area contributed by atoms with Crippen LogP contribution in [0.2, 0.25) is 0 Å². The molecule has 1 aromatic heterocycles. The first-order valence-electron chi connectivity index (χ1n) is 9.01. The van der Waals surface area contributed by atoms with Gasteiger partial charge in [0.25, 0.3) is 5.56 Å². The second-order valence-electron chi connectivity index (χ2n) is 6.43. The van der Waals surface area contributed by atoms with Crippen LogP contribution in [0.4, 0.5) is 4.79 Å². The molecule has 29 heavy (non-hydrogen) atoms. The molecular formula is C20H18N4O5. The molecule has 9 heteroatoms. The lowest BCUT2D eigenvalue weighted by molar-refractivity contribution is -0.120. The summed E-state index contributed by atoms with van der Waals surface area (Å²) in [5.41, 5.74) is 0.673. The molecule has 9 nitrogen and oxygen atoms in total. The highest BCUT2D eigenvalue weighted by Crippen LogP contribution is 2.30. The van der Waals surface area contributed by atoms with Gasteiger partial charge in [0.2, 0.25) is 5.91 Å². The summed E-state index contributed by atoms with van der Waals surface area (Å²) in [5.74, 6) is 0.636. The van der Waals surface area contributed by atoms with Crippen LogP contribution in [0.5, 0.6) is 11.5 Å². The summed E-state index contributed by atoms with van der Waals surface area (Å²) >= 11 is 0. The summed E-state index contributed by atoms with van der Waals surface area (Å²) in [5, 5.41) is 4.79. The monoisotopic (exact) mass is 394 g/mol. The Balaban J connectivity index is 1.32. The summed E-state index contributed by atoms with van der Waals surface area (Å²) in [7, 11) is 0. The summed E-state index contributed by atoms with van der Waals surface area (Å²) in [6, 6.07) is 13.5. The number of carbonyl (C=O) groups excluding carboxylic acids is 2. The lowest BCUT2D eigenvalue weighted by Gasteiger charge is -2.26. The summed E-state index contributed by atoms with van der Waals surface area (Å²) in [6.07, 6.45) is 0.769. The van der Waals surface area contributed by atoms with Gasteiger partial charge in [-0.15, -0.1) is 0 Å². The van der Waals surface area contributed by atoms with Crippen molar-refractivity contribution in [3.63, 3.8) is 0 Å². The highest BCUT2D eigenvalue weighted by molar-refractivity contribution is 5.94. The largest absolute Gasteiger partial charge is 0.486 e. The van der Waals surface area contributed by atoms with E-state index in [0.717, 1.165) is 6.20 Å². The van der Waals surface area contributed by atoms with Crippen LogP contribution >= 0.6 is 0 Å². The molecule has 1 atom stereocenters. The third-order valence-corrected chi connectivity index (χ3v) is 4.37. The molecule has 2 aromatic carbocycles. The summed E-state index contributed by atoms with van der Waals surface area (Å²) < 4.78 is 12.6. The van der Waals surface area contributed by atoms with Crippen molar-refractivity contribution in [1.29, 1.82) is 0 Å². The van der Waals surface area contributed by atoms with Crippen LogP contribution in [0.1, 0.15) is 0 Å². The number of nitrogens with zero attached hydrogens (tertiary/aromatic N) is 2. The minimum absolute atomic E-state index is 0.158. The fourth-order valence-electron chi connectivity index (χ4n) is 3.00. The summed E-state index contributed by atoms with van der Waals surface area (Å²) in [4.78, 5) is 40.4.